The second-order valence-electron chi connectivity index (χ2n) is 6.41. The summed E-state index contributed by atoms with van der Waals surface area (Å²) >= 11 is 6.03. The molecule has 0 bridgehead atoms. The quantitative estimate of drug-likeness (QED) is 0.277. The summed E-state index contributed by atoms with van der Waals surface area (Å²) in [6.07, 6.45) is 12.0. The molecule has 22 heavy (non-hydrogen) atoms. The van der Waals surface area contributed by atoms with Crippen molar-refractivity contribution in [2.75, 3.05) is 12.9 Å². The van der Waals surface area contributed by atoms with Crippen molar-refractivity contribution in [2.24, 2.45) is 5.92 Å². The molecular weight excluding hydrogens is 415 g/mol. The second kappa shape index (κ2) is 14.8. The Kier molecular flexibility index (Phi) is 15.8. The van der Waals surface area contributed by atoms with E-state index >= 15 is 0 Å². The van der Waals surface area contributed by atoms with E-state index in [1.807, 2.05) is 6.26 Å². The minimum atomic E-state index is -0.839. The Morgan fingerprint density at radius 1 is 1.05 bits per heavy atom. The van der Waals surface area contributed by atoms with Crippen molar-refractivity contribution >= 4 is 44.2 Å². The summed E-state index contributed by atoms with van der Waals surface area (Å²) in [6.45, 7) is 9.99. The van der Waals surface area contributed by atoms with Crippen molar-refractivity contribution in [3.8, 4) is 0 Å². The van der Waals surface area contributed by atoms with Crippen LogP contribution in [0.4, 0.5) is 0 Å². The first-order valence-corrected chi connectivity index (χ1v) is 17.0. The summed E-state index contributed by atoms with van der Waals surface area (Å²) in [4.78, 5) is 0. The van der Waals surface area contributed by atoms with Gasteiger partial charge in [0, 0.05) is 6.61 Å². The van der Waals surface area contributed by atoms with Gasteiger partial charge in [0.2, 0.25) is 0 Å². The van der Waals surface area contributed by atoms with Crippen molar-refractivity contribution < 1.29 is 4.74 Å². The van der Waals surface area contributed by atoms with E-state index in [0.29, 0.717) is 5.92 Å². The topological polar surface area (TPSA) is 9.23 Å². The molecule has 1 rings (SSSR count). The SMILES string of the molecule is CCC[CH2][Sn+]([CH2]CCC)[CH2]CCC.CSC1([S-])OCCC1C. The Balaban J connectivity index is 0.000000425. The molecule has 4 heteroatoms. The summed E-state index contributed by atoms with van der Waals surface area (Å²) < 4.78 is 10.1. The van der Waals surface area contributed by atoms with Crippen LogP contribution < -0.4 is 0 Å². The monoisotopic (exact) mass is 454 g/mol. The molecule has 1 nitrogen and oxygen atoms in total. The molecule has 0 amide bonds. The van der Waals surface area contributed by atoms with Crippen LogP contribution in [-0.4, -0.2) is 36.9 Å². The first-order chi connectivity index (χ1) is 10.5. The number of rotatable bonds is 10. The third-order valence-corrected chi connectivity index (χ3v) is 15.6. The summed E-state index contributed by atoms with van der Waals surface area (Å²) in [6, 6.07) is 0. The first kappa shape index (κ1) is 23.5. The van der Waals surface area contributed by atoms with Gasteiger partial charge in [-0.1, -0.05) is 6.92 Å². The molecule has 0 saturated carbocycles. The minimum absolute atomic E-state index is 0.306. The van der Waals surface area contributed by atoms with Gasteiger partial charge in [-0.25, -0.2) is 0 Å². The Bertz CT molecular complexity index is 234. The number of hydrogen-bond donors (Lipinski definition) is 0. The molecule has 0 spiro atoms. The largest absolute Gasteiger partial charge is 0.746 e. The molecule has 1 aliphatic heterocycles. The predicted molar refractivity (Wildman–Crippen MR) is 108 cm³/mol. The Morgan fingerprint density at radius 2 is 1.50 bits per heavy atom. The van der Waals surface area contributed by atoms with E-state index in [4.69, 9.17) is 17.4 Å². The number of unbranched alkanes of at least 4 members (excludes halogenated alkanes) is 3. The third-order valence-electron chi connectivity index (χ3n) is 4.39. The van der Waals surface area contributed by atoms with Crippen molar-refractivity contribution in [1.82, 2.24) is 0 Å². The third kappa shape index (κ3) is 10.3. The van der Waals surface area contributed by atoms with Crippen LogP contribution in [0, 0.1) is 5.92 Å². The normalized spacial score (nSPS) is 24.0. The average molecular weight is 453 g/mol. The second-order valence-corrected chi connectivity index (χ2v) is 16.8. The summed E-state index contributed by atoms with van der Waals surface area (Å²) in [5, 5.41) is 0. The molecule has 1 heterocycles. The van der Waals surface area contributed by atoms with Gasteiger partial charge in [-0.05, 0) is 22.9 Å². The van der Waals surface area contributed by atoms with Gasteiger partial charge in [-0.3, -0.25) is 0 Å². The van der Waals surface area contributed by atoms with Gasteiger partial charge in [0.05, 0.1) is 0 Å². The predicted octanol–water partition coefficient (Wildman–Crippen LogP) is 6.49. The fourth-order valence-electron chi connectivity index (χ4n) is 2.61. The van der Waals surface area contributed by atoms with Crippen molar-refractivity contribution in [3.63, 3.8) is 0 Å². The minimum Gasteiger partial charge on any atom is -0.746 e. The van der Waals surface area contributed by atoms with Crippen LogP contribution in [0.2, 0.25) is 13.3 Å². The van der Waals surface area contributed by atoms with Crippen molar-refractivity contribution in [1.29, 1.82) is 0 Å². The summed E-state index contributed by atoms with van der Waals surface area (Å²) in [5.74, 6) is 0.530. The van der Waals surface area contributed by atoms with Crippen LogP contribution in [0.1, 0.15) is 72.6 Å². The van der Waals surface area contributed by atoms with Gasteiger partial charge in [-0.15, -0.1) is 0 Å². The van der Waals surface area contributed by atoms with Gasteiger partial charge in [0.15, 0.2) is 0 Å². The smallest absolute Gasteiger partial charge is 0.0461 e. The molecule has 0 aliphatic carbocycles. The van der Waals surface area contributed by atoms with Crippen molar-refractivity contribution in [2.45, 2.75) is 90.2 Å². The molecule has 0 aromatic rings. The number of ether oxygens (including phenoxy) is 1. The van der Waals surface area contributed by atoms with Gasteiger partial charge in [-0.2, -0.15) is 11.8 Å². The molecule has 1 fully saturated rings. The van der Waals surface area contributed by atoms with Crippen LogP contribution >= 0.6 is 11.8 Å². The van der Waals surface area contributed by atoms with Gasteiger partial charge < -0.3 is 17.4 Å². The molecule has 2 atom stereocenters. The Morgan fingerprint density at radius 3 is 1.73 bits per heavy atom. The maximum atomic E-state index is 5.38. The van der Waals surface area contributed by atoms with E-state index in [9.17, 15) is 0 Å². The molecule has 0 aromatic carbocycles. The van der Waals surface area contributed by atoms with Crippen LogP contribution in [0.3, 0.4) is 0 Å². The van der Waals surface area contributed by atoms with E-state index in [1.54, 1.807) is 25.1 Å². The van der Waals surface area contributed by atoms with Gasteiger partial charge in [0.1, 0.15) is 0 Å². The average Bonchev–Trinajstić information content (AvgIpc) is 2.87. The van der Waals surface area contributed by atoms with E-state index in [1.165, 1.54) is 38.5 Å². The van der Waals surface area contributed by atoms with E-state index in [-0.39, 0.29) is 4.27 Å². The van der Waals surface area contributed by atoms with Crippen LogP contribution in [0.5, 0.6) is 0 Å². The van der Waals surface area contributed by atoms with Crippen LogP contribution in [0.15, 0.2) is 0 Å². The Labute approximate surface area is 157 Å². The summed E-state index contributed by atoms with van der Waals surface area (Å²) in [7, 11) is 0. The van der Waals surface area contributed by atoms with E-state index < -0.39 is 19.8 Å². The number of thioether (sulfide) groups is 1. The zero-order valence-corrected chi connectivity index (χ0v) is 20.1. The fraction of sp³-hybridized carbons (Fsp3) is 1.00. The molecule has 1 saturated heterocycles. The van der Waals surface area contributed by atoms with E-state index in [0.717, 1.165) is 13.0 Å². The number of hydrogen-bond acceptors (Lipinski definition) is 3. The maximum absolute atomic E-state index is 5.38. The zero-order valence-electron chi connectivity index (χ0n) is 15.6. The molecule has 0 N–H and O–H groups in total. The molecule has 2 unspecified atom stereocenters. The summed E-state index contributed by atoms with van der Waals surface area (Å²) in [5.41, 5.74) is 0. The standard InChI is InChI=1S/C6H12OS2.3C4H9.Sn/c1-5-3-4-7-6(5,8)9-2;3*1-3-4-2;/h5,8H,3-4H2,1-2H3;3*1,3-4H2,2H3;/q;;;;+1/p-1. The maximum Gasteiger partial charge on any atom is 0.0461 e. The Hall–Kier alpha value is 1.46. The molecular formula is C18H38OS2Sn. The van der Waals surface area contributed by atoms with Gasteiger partial charge in [0.25, 0.3) is 0 Å². The first-order valence-electron chi connectivity index (χ1n) is 9.27. The van der Waals surface area contributed by atoms with Gasteiger partial charge >= 0.3 is 92.4 Å². The molecule has 1 aliphatic rings. The van der Waals surface area contributed by atoms with Crippen molar-refractivity contribution in [3.05, 3.63) is 0 Å². The molecule has 132 valence electrons. The zero-order chi connectivity index (χ0) is 16.8. The molecule has 0 aromatic heterocycles. The van der Waals surface area contributed by atoms with E-state index in [2.05, 4.69) is 27.7 Å². The molecule has 0 radical (unpaired) electrons. The van der Waals surface area contributed by atoms with Crippen LogP contribution in [0.25, 0.3) is 0 Å². The fourth-order valence-corrected chi connectivity index (χ4v) is 13.0. The van der Waals surface area contributed by atoms with Crippen LogP contribution in [-0.2, 0) is 17.4 Å².